The van der Waals surface area contributed by atoms with E-state index >= 15 is 0 Å². The third-order valence-corrected chi connectivity index (χ3v) is 6.41. The number of carbonyl (C=O) groups is 2. The van der Waals surface area contributed by atoms with Gasteiger partial charge >= 0.3 is 11.9 Å². The zero-order valence-electron chi connectivity index (χ0n) is 19.9. The van der Waals surface area contributed by atoms with Crippen molar-refractivity contribution in [3.63, 3.8) is 0 Å². The van der Waals surface area contributed by atoms with E-state index in [-0.39, 0.29) is 30.1 Å². The predicted octanol–water partition coefficient (Wildman–Crippen LogP) is 6.02. The molecular weight excluding hydrogens is 404 g/mol. The molecule has 2 unspecified atom stereocenters. The molecule has 1 aromatic rings. The number of benzene rings is 1. The number of esters is 2. The van der Waals surface area contributed by atoms with Gasteiger partial charge in [0.25, 0.3) is 0 Å². The highest BCUT2D eigenvalue weighted by molar-refractivity contribution is 5.69. The van der Waals surface area contributed by atoms with E-state index in [2.05, 4.69) is 48.1 Å². The van der Waals surface area contributed by atoms with Crippen LogP contribution in [0.15, 0.2) is 36.4 Å². The van der Waals surface area contributed by atoms with Crippen molar-refractivity contribution in [1.82, 2.24) is 0 Å². The number of hydrogen-bond acceptors (Lipinski definition) is 5. The molecule has 0 aliphatic heterocycles. The Bertz CT molecular complexity index is 724. The molecule has 2 rings (SSSR count). The number of carbonyl (C=O) groups excluding carboxylic acids is 2. The molecule has 0 spiro atoms. The molecule has 4 atom stereocenters. The van der Waals surface area contributed by atoms with Crippen LogP contribution in [-0.2, 0) is 19.1 Å². The molecule has 0 heterocycles. The molecule has 1 saturated carbocycles. The Morgan fingerprint density at radius 2 is 1.88 bits per heavy atom. The molecule has 5 nitrogen and oxygen atoms in total. The van der Waals surface area contributed by atoms with E-state index in [1.54, 1.807) is 0 Å². The van der Waals surface area contributed by atoms with E-state index in [1.807, 2.05) is 0 Å². The van der Waals surface area contributed by atoms with E-state index in [9.17, 15) is 14.7 Å². The monoisotopic (exact) mass is 444 g/mol. The maximum Gasteiger partial charge on any atom is 0.305 e. The normalized spacial score (nSPS) is 21.6. The summed E-state index contributed by atoms with van der Waals surface area (Å²) in [5.74, 6) is 0.111. The van der Waals surface area contributed by atoms with Gasteiger partial charge in [0.05, 0.1) is 13.2 Å². The van der Waals surface area contributed by atoms with Crippen LogP contribution in [0.4, 0.5) is 0 Å². The fourth-order valence-electron chi connectivity index (χ4n) is 4.68. The van der Waals surface area contributed by atoms with Gasteiger partial charge in [0.1, 0.15) is 6.10 Å². The van der Waals surface area contributed by atoms with E-state index in [4.69, 9.17) is 4.74 Å². The van der Waals surface area contributed by atoms with E-state index in [0.29, 0.717) is 12.3 Å². The lowest BCUT2D eigenvalue weighted by Gasteiger charge is -2.23. The molecule has 32 heavy (non-hydrogen) atoms. The quantitative estimate of drug-likeness (QED) is 0.229. The molecule has 0 aromatic heterocycles. The van der Waals surface area contributed by atoms with Crippen LogP contribution in [0.5, 0.6) is 0 Å². The molecule has 1 aliphatic carbocycles. The maximum absolute atomic E-state index is 11.6. The zero-order chi connectivity index (χ0) is 23.3. The van der Waals surface area contributed by atoms with Crippen LogP contribution in [0.2, 0.25) is 0 Å². The van der Waals surface area contributed by atoms with Crippen LogP contribution in [-0.4, -0.2) is 30.3 Å². The Kier molecular flexibility index (Phi) is 11.5. The van der Waals surface area contributed by atoms with Crippen LogP contribution in [0, 0.1) is 5.92 Å². The third-order valence-electron chi connectivity index (χ3n) is 6.41. The smallest absolute Gasteiger partial charge is 0.305 e. The van der Waals surface area contributed by atoms with Gasteiger partial charge in [-0.1, -0.05) is 56.2 Å². The van der Waals surface area contributed by atoms with Crippen molar-refractivity contribution in [2.75, 3.05) is 7.11 Å². The highest BCUT2D eigenvalue weighted by atomic mass is 16.5. The van der Waals surface area contributed by atoms with Crippen molar-refractivity contribution in [3.8, 4) is 0 Å². The van der Waals surface area contributed by atoms with Crippen molar-refractivity contribution in [2.24, 2.45) is 5.92 Å². The number of methoxy groups -OCH3 is 1. The van der Waals surface area contributed by atoms with Gasteiger partial charge in [0, 0.05) is 19.3 Å². The highest BCUT2D eigenvalue weighted by Gasteiger charge is 2.35. The number of ether oxygens (including phenoxy) is 2. The first kappa shape index (κ1) is 26.1. The van der Waals surface area contributed by atoms with Crippen LogP contribution >= 0.6 is 0 Å². The molecule has 0 bridgehead atoms. The van der Waals surface area contributed by atoms with Crippen molar-refractivity contribution in [1.29, 1.82) is 0 Å². The number of hydrogen-bond donors (Lipinski definition) is 1. The predicted molar refractivity (Wildman–Crippen MR) is 126 cm³/mol. The largest absolute Gasteiger partial charge is 0.469 e. The first-order valence-electron chi connectivity index (χ1n) is 12.1. The maximum atomic E-state index is 11.6. The highest BCUT2D eigenvalue weighted by Crippen LogP contribution is 2.42. The lowest BCUT2D eigenvalue weighted by molar-refractivity contribution is -0.147. The Hall–Kier alpha value is -2.14. The second-order valence-corrected chi connectivity index (χ2v) is 8.87. The topological polar surface area (TPSA) is 72.8 Å². The summed E-state index contributed by atoms with van der Waals surface area (Å²) in [6.45, 7) is 3.63. The summed E-state index contributed by atoms with van der Waals surface area (Å²) in [4.78, 5) is 22.7. The number of allylic oxidation sites excluding steroid dienone is 2. The Balaban J connectivity index is 1.97. The standard InChI is InChI=1S/C27H40O5/c1-4-5-8-12-25(32-20(2)28)21-14-16-23(17-15-21)27-22(18-19-24(27)29)11-9-6-7-10-13-26(30)31-3/h6,9,14-17,22,24-25,27,29H,4-5,7-8,10-13,18-19H2,1-3H3/b9-6-/t22-,24+,25?,27?/m0/s1. The van der Waals surface area contributed by atoms with Crippen LogP contribution in [0.25, 0.3) is 0 Å². The van der Waals surface area contributed by atoms with Gasteiger partial charge in [0.2, 0.25) is 0 Å². The average molecular weight is 445 g/mol. The number of rotatable bonds is 13. The van der Waals surface area contributed by atoms with Crippen molar-refractivity contribution >= 4 is 11.9 Å². The number of aliphatic hydroxyl groups excluding tert-OH is 1. The number of aliphatic hydroxyl groups is 1. The minimum Gasteiger partial charge on any atom is -0.469 e. The minimum absolute atomic E-state index is 0.121. The van der Waals surface area contributed by atoms with Gasteiger partial charge in [-0.3, -0.25) is 9.59 Å². The zero-order valence-corrected chi connectivity index (χ0v) is 19.9. The molecule has 1 aromatic carbocycles. The minimum atomic E-state index is -0.326. The summed E-state index contributed by atoms with van der Waals surface area (Å²) >= 11 is 0. The second-order valence-electron chi connectivity index (χ2n) is 8.87. The molecule has 178 valence electrons. The first-order chi connectivity index (χ1) is 15.5. The van der Waals surface area contributed by atoms with Crippen LogP contribution in [0.1, 0.15) is 101 Å². The SMILES string of the molecule is CCCCCC(OC(C)=O)c1ccc(C2[C@@H](C/C=C\CCCC(=O)OC)CC[C@H]2O)cc1. The van der Waals surface area contributed by atoms with Crippen LogP contribution < -0.4 is 0 Å². The van der Waals surface area contributed by atoms with Gasteiger partial charge in [-0.15, -0.1) is 0 Å². The van der Waals surface area contributed by atoms with Gasteiger partial charge in [0.15, 0.2) is 0 Å². The Morgan fingerprint density at radius 3 is 2.53 bits per heavy atom. The molecule has 5 heteroatoms. The molecule has 1 N–H and O–H groups in total. The summed E-state index contributed by atoms with van der Waals surface area (Å²) in [5, 5.41) is 10.6. The molecule has 1 aliphatic rings. The summed E-state index contributed by atoms with van der Waals surface area (Å²) in [6, 6.07) is 8.30. The van der Waals surface area contributed by atoms with Crippen molar-refractivity contribution in [3.05, 3.63) is 47.5 Å². The lowest BCUT2D eigenvalue weighted by atomic mass is 9.85. The summed E-state index contributed by atoms with van der Waals surface area (Å²) in [6.07, 6.45) is 12.8. The van der Waals surface area contributed by atoms with E-state index < -0.39 is 0 Å². The van der Waals surface area contributed by atoms with Gasteiger partial charge in [-0.2, -0.15) is 0 Å². The summed E-state index contributed by atoms with van der Waals surface area (Å²) in [7, 11) is 1.42. The van der Waals surface area contributed by atoms with Crippen LogP contribution in [0.3, 0.4) is 0 Å². The lowest BCUT2D eigenvalue weighted by Crippen LogP contribution is -2.17. The molecule has 0 amide bonds. The molecule has 0 radical (unpaired) electrons. The van der Waals surface area contributed by atoms with Crippen molar-refractivity contribution in [2.45, 2.75) is 96.2 Å². The third kappa shape index (κ3) is 8.42. The molecule has 0 saturated heterocycles. The first-order valence-corrected chi connectivity index (χ1v) is 12.1. The summed E-state index contributed by atoms with van der Waals surface area (Å²) in [5.41, 5.74) is 2.17. The fraction of sp³-hybridized carbons (Fsp3) is 0.630. The van der Waals surface area contributed by atoms with E-state index in [1.165, 1.54) is 14.0 Å². The van der Waals surface area contributed by atoms with E-state index in [0.717, 1.165) is 68.9 Å². The Labute approximate surface area is 193 Å². The average Bonchev–Trinajstić information content (AvgIpc) is 3.15. The molecular formula is C27H40O5. The second kappa shape index (κ2) is 14.1. The van der Waals surface area contributed by atoms with Crippen molar-refractivity contribution < 1.29 is 24.2 Å². The van der Waals surface area contributed by atoms with Gasteiger partial charge < -0.3 is 14.6 Å². The summed E-state index contributed by atoms with van der Waals surface area (Å²) < 4.78 is 10.2. The van der Waals surface area contributed by atoms with Gasteiger partial charge in [-0.05, 0) is 62.0 Å². The van der Waals surface area contributed by atoms with Gasteiger partial charge in [-0.25, -0.2) is 0 Å². The molecule has 1 fully saturated rings. The number of unbranched alkanes of at least 4 members (excludes halogenated alkanes) is 3. The fourth-order valence-corrected chi connectivity index (χ4v) is 4.68. The Morgan fingerprint density at radius 1 is 1.12 bits per heavy atom.